The van der Waals surface area contributed by atoms with Gasteiger partial charge in [0.15, 0.2) is 0 Å². The predicted octanol–water partition coefficient (Wildman–Crippen LogP) is 0.925. The second-order valence-electron chi connectivity index (χ2n) is 7.52. The molecule has 2 aromatic heterocycles. The Morgan fingerprint density at radius 2 is 1.90 bits per heavy atom. The number of imidazole rings is 1. The highest BCUT2D eigenvalue weighted by atomic mass is 16.5. The third kappa shape index (κ3) is 3.39. The molecule has 4 heterocycles. The molecule has 9 heteroatoms. The van der Waals surface area contributed by atoms with Crippen LogP contribution in [0.5, 0.6) is 0 Å². The number of piperidine rings is 1. The Kier molecular flexibility index (Phi) is 5.31. The van der Waals surface area contributed by atoms with Gasteiger partial charge in [0.2, 0.25) is 5.91 Å². The summed E-state index contributed by atoms with van der Waals surface area (Å²) in [5.74, 6) is 0.611. The highest BCUT2D eigenvalue weighted by molar-refractivity contribution is 5.93. The van der Waals surface area contributed by atoms with E-state index in [1.807, 2.05) is 16.7 Å². The van der Waals surface area contributed by atoms with E-state index in [1.54, 1.807) is 18.7 Å². The summed E-state index contributed by atoms with van der Waals surface area (Å²) in [6.07, 6.45) is 7.65. The number of ether oxygens (including phenoxy) is 1. The number of hydrogen-bond acceptors (Lipinski definition) is 6. The van der Waals surface area contributed by atoms with E-state index in [9.17, 15) is 9.59 Å². The highest BCUT2D eigenvalue weighted by Gasteiger charge is 2.49. The Bertz CT molecular complexity index is 886. The van der Waals surface area contributed by atoms with Gasteiger partial charge in [-0.05, 0) is 12.8 Å². The number of aryl methyl sites for hydroxylation is 1. The molecule has 1 saturated heterocycles. The lowest BCUT2D eigenvalue weighted by atomic mass is 9.78. The lowest BCUT2D eigenvalue weighted by molar-refractivity contribution is -0.145. The Labute approximate surface area is 169 Å². The SMILES string of the molecule is CCc1ncc(C(=O)N2CCC3(CC2)c2nc[nH]c2CCN3C(=O)COC)cn1. The number of H-pyrrole nitrogens is 1. The molecule has 4 rings (SSSR count). The minimum absolute atomic E-state index is 0.0375. The van der Waals surface area contributed by atoms with Crippen LogP contribution >= 0.6 is 0 Å². The fraction of sp³-hybridized carbons (Fsp3) is 0.550. The summed E-state index contributed by atoms with van der Waals surface area (Å²) < 4.78 is 5.10. The van der Waals surface area contributed by atoms with E-state index in [0.717, 1.165) is 30.1 Å². The number of nitrogens with one attached hydrogen (secondary N) is 1. The molecule has 0 unspecified atom stereocenters. The van der Waals surface area contributed by atoms with Gasteiger partial charge in [-0.3, -0.25) is 9.59 Å². The van der Waals surface area contributed by atoms with Gasteiger partial charge < -0.3 is 19.5 Å². The van der Waals surface area contributed by atoms with Crippen molar-refractivity contribution in [2.24, 2.45) is 0 Å². The largest absolute Gasteiger partial charge is 0.375 e. The van der Waals surface area contributed by atoms with Gasteiger partial charge in [-0.1, -0.05) is 6.92 Å². The number of likely N-dealkylation sites (tertiary alicyclic amines) is 1. The predicted molar refractivity (Wildman–Crippen MR) is 104 cm³/mol. The Morgan fingerprint density at radius 3 is 2.55 bits per heavy atom. The summed E-state index contributed by atoms with van der Waals surface area (Å²) in [4.78, 5) is 45.6. The molecule has 9 nitrogen and oxygen atoms in total. The molecule has 2 aliphatic rings. The molecule has 1 spiro atoms. The molecule has 154 valence electrons. The summed E-state index contributed by atoms with van der Waals surface area (Å²) in [5.41, 5.74) is 2.00. The third-order valence-corrected chi connectivity index (χ3v) is 5.98. The van der Waals surface area contributed by atoms with Crippen LogP contribution in [0.15, 0.2) is 18.7 Å². The zero-order valence-corrected chi connectivity index (χ0v) is 16.8. The maximum atomic E-state index is 12.9. The van der Waals surface area contributed by atoms with Crippen molar-refractivity contribution in [1.29, 1.82) is 0 Å². The number of aromatic nitrogens is 4. The van der Waals surface area contributed by atoms with Crippen LogP contribution in [0.3, 0.4) is 0 Å². The minimum atomic E-state index is -0.497. The van der Waals surface area contributed by atoms with Crippen LogP contribution < -0.4 is 0 Å². The van der Waals surface area contributed by atoms with E-state index in [1.165, 1.54) is 7.11 Å². The van der Waals surface area contributed by atoms with Crippen LogP contribution in [0.1, 0.15) is 47.3 Å². The summed E-state index contributed by atoms with van der Waals surface area (Å²) in [5, 5.41) is 0. The van der Waals surface area contributed by atoms with Crippen molar-refractivity contribution in [2.45, 2.75) is 38.1 Å². The molecule has 0 bridgehead atoms. The van der Waals surface area contributed by atoms with Crippen LogP contribution in [0.25, 0.3) is 0 Å². The maximum Gasteiger partial charge on any atom is 0.256 e. The zero-order chi connectivity index (χ0) is 20.4. The summed E-state index contributed by atoms with van der Waals surface area (Å²) in [6.45, 7) is 3.72. The topological polar surface area (TPSA) is 104 Å². The second-order valence-corrected chi connectivity index (χ2v) is 7.52. The van der Waals surface area contributed by atoms with Gasteiger partial charge in [0.25, 0.3) is 5.91 Å². The molecule has 2 aliphatic heterocycles. The Hall–Kier alpha value is -2.81. The van der Waals surface area contributed by atoms with Crippen molar-refractivity contribution < 1.29 is 14.3 Å². The van der Waals surface area contributed by atoms with Gasteiger partial charge in [0, 0.05) is 57.7 Å². The molecule has 0 radical (unpaired) electrons. The Balaban J connectivity index is 1.55. The van der Waals surface area contributed by atoms with Gasteiger partial charge >= 0.3 is 0 Å². The molecule has 29 heavy (non-hydrogen) atoms. The third-order valence-electron chi connectivity index (χ3n) is 5.98. The maximum absolute atomic E-state index is 12.9. The molecule has 1 N–H and O–H groups in total. The number of fused-ring (bicyclic) bond motifs is 2. The summed E-state index contributed by atoms with van der Waals surface area (Å²) in [7, 11) is 1.53. The van der Waals surface area contributed by atoms with E-state index in [2.05, 4.69) is 19.9 Å². The first-order valence-corrected chi connectivity index (χ1v) is 10.0. The molecule has 0 saturated carbocycles. The highest BCUT2D eigenvalue weighted by Crippen LogP contribution is 2.42. The molecule has 1 fully saturated rings. The van der Waals surface area contributed by atoms with E-state index in [0.29, 0.717) is 38.0 Å². The van der Waals surface area contributed by atoms with E-state index < -0.39 is 5.54 Å². The van der Waals surface area contributed by atoms with Gasteiger partial charge in [0.05, 0.1) is 23.1 Å². The molecule has 2 amide bonds. The standard InChI is InChI=1S/C20H26N6O3/c1-3-16-21-10-14(11-22-16)19(28)25-8-5-20(6-9-25)18-15(23-13-24-18)4-7-26(20)17(27)12-29-2/h10-11,13H,3-9,12H2,1-2H3,(H,23,24). The smallest absolute Gasteiger partial charge is 0.256 e. The van der Waals surface area contributed by atoms with Crippen LogP contribution in [0, 0.1) is 0 Å². The molecule has 0 aliphatic carbocycles. The first-order valence-electron chi connectivity index (χ1n) is 10.0. The first kappa shape index (κ1) is 19.5. The fourth-order valence-corrected chi connectivity index (χ4v) is 4.46. The lowest BCUT2D eigenvalue weighted by Crippen LogP contribution is -2.59. The van der Waals surface area contributed by atoms with E-state index in [-0.39, 0.29) is 18.4 Å². The average molecular weight is 398 g/mol. The van der Waals surface area contributed by atoms with Gasteiger partial charge in [-0.15, -0.1) is 0 Å². The number of nitrogens with zero attached hydrogens (tertiary/aromatic N) is 5. The van der Waals surface area contributed by atoms with E-state index in [4.69, 9.17) is 4.74 Å². The van der Waals surface area contributed by atoms with Gasteiger partial charge in [0.1, 0.15) is 12.4 Å². The normalized spacial score (nSPS) is 18.0. The van der Waals surface area contributed by atoms with Crippen LogP contribution in [-0.4, -0.2) is 74.9 Å². The lowest BCUT2D eigenvalue weighted by Gasteiger charge is -2.50. The second kappa shape index (κ2) is 7.90. The summed E-state index contributed by atoms with van der Waals surface area (Å²) >= 11 is 0. The van der Waals surface area contributed by atoms with Crippen LogP contribution in [0.2, 0.25) is 0 Å². The zero-order valence-electron chi connectivity index (χ0n) is 16.8. The number of carbonyl (C=O) groups is 2. The molecular formula is C20H26N6O3. The van der Waals surface area contributed by atoms with Crippen molar-refractivity contribution in [1.82, 2.24) is 29.7 Å². The van der Waals surface area contributed by atoms with Crippen molar-refractivity contribution >= 4 is 11.8 Å². The number of carbonyl (C=O) groups excluding carboxylic acids is 2. The van der Waals surface area contributed by atoms with E-state index >= 15 is 0 Å². The first-order chi connectivity index (χ1) is 14.1. The van der Waals surface area contributed by atoms with Crippen molar-refractivity contribution in [3.8, 4) is 0 Å². The van der Waals surface area contributed by atoms with Crippen molar-refractivity contribution in [3.63, 3.8) is 0 Å². The molecule has 0 atom stereocenters. The number of rotatable bonds is 4. The average Bonchev–Trinajstić information content (AvgIpc) is 3.24. The Morgan fingerprint density at radius 1 is 1.17 bits per heavy atom. The molecule has 2 aromatic rings. The molecular weight excluding hydrogens is 372 g/mol. The van der Waals surface area contributed by atoms with Crippen LogP contribution in [0.4, 0.5) is 0 Å². The number of methoxy groups -OCH3 is 1. The molecule has 0 aromatic carbocycles. The number of aromatic amines is 1. The fourth-order valence-electron chi connectivity index (χ4n) is 4.46. The monoisotopic (exact) mass is 398 g/mol. The quantitative estimate of drug-likeness (QED) is 0.821. The van der Waals surface area contributed by atoms with Crippen molar-refractivity contribution in [3.05, 3.63) is 41.5 Å². The van der Waals surface area contributed by atoms with Crippen LogP contribution in [-0.2, 0) is 27.9 Å². The number of amides is 2. The summed E-state index contributed by atoms with van der Waals surface area (Å²) in [6, 6.07) is 0. The van der Waals surface area contributed by atoms with Gasteiger partial charge in [-0.25, -0.2) is 15.0 Å². The van der Waals surface area contributed by atoms with Crippen molar-refractivity contribution in [2.75, 3.05) is 33.4 Å². The number of hydrogen-bond donors (Lipinski definition) is 1. The minimum Gasteiger partial charge on any atom is -0.375 e. The van der Waals surface area contributed by atoms with Gasteiger partial charge in [-0.2, -0.15) is 0 Å².